The summed E-state index contributed by atoms with van der Waals surface area (Å²) in [5.41, 5.74) is 1.49. The van der Waals surface area contributed by atoms with Crippen molar-refractivity contribution in [1.82, 2.24) is 19.7 Å². The molecule has 118 valence electrons. The molecule has 8 heteroatoms. The summed E-state index contributed by atoms with van der Waals surface area (Å²) in [7, 11) is 1.85. The van der Waals surface area contributed by atoms with E-state index in [0.717, 1.165) is 31.7 Å². The second-order valence-corrected chi connectivity index (χ2v) is 5.20. The predicted molar refractivity (Wildman–Crippen MR) is 86.0 cm³/mol. The van der Waals surface area contributed by atoms with Crippen LogP contribution in [0.15, 0.2) is 18.6 Å². The van der Waals surface area contributed by atoms with Crippen molar-refractivity contribution in [3.8, 4) is 0 Å². The van der Waals surface area contributed by atoms with Crippen LogP contribution in [0.5, 0.6) is 0 Å². The molecule has 1 fully saturated rings. The van der Waals surface area contributed by atoms with Crippen LogP contribution in [0.3, 0.4) is 0 Å². The molecule has 1 aliphatic heterocycles. The topological polar surface area (TPSA) is 101 Å². The van der Waals surface area contributed by atoms with Crippen molar-refractivity contribution < 1.29 is 6.16 Å². The zero-order valence-corrected chi connectivity index (χ0v) is 12.4. The first kappa shape index (κ1) is 14.5. The van der Waals surface area contributed by atoms with E-state index >= 15 is 0 Å². The van der Waals surface area contributed by atoms with Gasteiger partial charge >= 0.3 is 0 Å². The van der Waals surface area contributed by atoms with E-state index in [2.05, 4.69) is 25.7 Å². The molecule has 1 aliphatic rings. The molecule has 1 saturated heterocycles. The van der Waals surface area contributed by atoms with Crippen LogP contribution in [0.1, 0.15) is 19.8 Å². The highest BCUT2D eigenvalue weighted by Gasteiger charge is 2.16. The number of aryl methyl sites for hydroxylation is 1. The molecule has 0 radical (unpaired) electrons. The largest absolute Gasteiger partial charge is 0.381 e. The Morgan fingerprint density at radius 1 is 1.41 bits per heavy atom. The van der Waals surface area contributed by atoms with Gasteiger partial charge in [-0.15, -0.1) is 0 Å². The zero-order valence-electron chi connectivity index (χ0n) is 12.4. The predicted octanol–water partition coefficient (Wildman–Crippen LogP) is 1.79. The van der Waals surface area contributed by atoms with Crippen LogP contribution in [-0.2, 0) is 11.8 Å². The molecule has 3 rings (SSSR count). The van der Waals surface area contributed by atoms with Crippen LogP contribution in [0, 0.1) is 5.41 Å². The third-order valence-electron chi connectivity index (χ3n) is 3.50. The minimum atomic E-state index is 0. The average molecular weight is 303 g/mol. The van der Waals surface area contributed by atoms with Gasteiger partial charge in [0, 0.05) is 46.3 Å². The molecule has 3 heterocycles. The van der Waals surface area contributed by atoms with Gasteiger partial charge in [0.25, 0.3) is 0 Å². The van der Waals surface area contributed by atoms with E-state index in [1.807, 2.05) is 13.2 Å². The number of ether oxygens (including phenoxy) is 1. The van der Waals surface area contributed by atoms with Crippen LogP contribution in [0.25, 0.3) is 0 Å². The summed E-state index contributed by atoms with van der Waals surface area (Å²) in [6.07, 6.45) is 8.33. The fourth-order valence-electron chi connectivity index (χ4n) is 2.32. The van der Waals surface area contributed by atoms with Crippen LogP contribution >= 0.6 is 0 Å². The highest BCUT2D eigenvalue weighted by molar-refractivity contribution is 5.84. The smallest absolute Gasteiger partial charge is 0.229 e. The standard InChI is InChI=1S/C14H19N7O.H2/c1-21-9-12(8-17-21)19-14-16-7-10(6-15)13(20-14)18-11-2-4-22-5-3-11;/h6-9,11,15H,2-5H2,1H3,(H2,16,18,19,20);1H. The third-order valence-corrected chi connectivity index (χ3v) is 3.50. The first-order valence-corrected chi connectivity index (χ1v) is 7.22. The second kappa shape index (κ2) is 6.52. The summed E-state index contributed by atoms with van der Waals surface area (Å²) in [5, 5.41) is 18.1. The van der Waals surface area contributed by atoms with E-state index in [4.69, 9.17) is 10.1 Å². The van der Waals surface area contributed by atoms with Crippen molar-refractivity contribution >= 4 is 23.7 Å². The highest BCUT2D eigenvalue weighted by atomic mass is 16.5. The van der Waals surface area contributed by atoms with Crippen LogP contribution < -0.4 is 10.6 Å². The minimum absolute atomic E-state index is 0. The molecule has 0 amide bonds. The summed E-state index contributed by atoms with van der Waals surface area (Å²) in [5.74, 6) is 1.15. The van der Waals surface area contributed by atoms with E-state index in [1.54, 1.807) is 17.1 Å². The first-order valence-electron chi connectivity index (χ1n) is 7.22. The molecule has 0 atom stereocenters. The molecule has 2 aromatic heterocycles. The van der Waals surface area contributed by atoms with Gasteiger partial charge in [-0.3, -0.25) is 4.68 Å². The van der Waals surface area contributed by atoms with Gasteiger partial charge in [0.2, 0.25) is 5.95 Å². The fraction of sp³-hybridized carbons (Fsp3) is 0.429. The average Bonchev–Trinajstić information content (AvgIpc) is 2.94. The Bertz CT molecular complexity index is 654. The zero-order chi connectivity index (χ0) is 15.4. The quantitative estimate of drug-likeness (QED) is 0.728. The summed E-state index contributed by atoms with van der Waals surface area (Å²) in [6.45, 7) is 1.51. The molecule has 0 spiro atoms. The second-order valence-electron chi connectivity index (χ2n) is 5.20. The lowest BCUT2D eigenvalue weighted by Gasteiger charge is -2.24. The van der Waals surface area contributed by atoms with E-state index < -0.39 is 0 Å². The Morgan fingerprint density at radius 3 is 2.91 bits per heavy atom. The summed E-state index contributed by atoms with van der Waals surface area (Å²) >= 11 is 0. The van der Waals surface area contributed by atoms with Crippen molar-refractivity contribution in [3.63, 3.8) is 0 Å². The number of nitrogens with one attached hydrogen (secondary N) is 3. The van der Waals surface area contributed by atoms with Crippen LogP contribution in [0.4, 0.5) is 17.5 Å². The monoisotopic (exact) mass is 303 g/mol. The van der Waals surface area contributed by atoms with Gasteiger partial charge in [-0.25, -0.2) is 4.98 Å². The van der Waals surface area contributed by atoms with E-state index in [9.17, 15) is 0 Å². The molecule has 0 bridgehead atoms. The number of anilines is 3. The number of rotatable bonds is 5. The molecule has 2 aromatic rings. The van der Waals surface area contributed by atoms with E-state index in [0.29, 0.717) is 23.4 Å². The summed E-state index contributed by atoms with van der Waals surface area (Å²) < 4.78 is 7.06. The SMILES string of the molecule is Cn1cc(Nc2ncc(C=N)c(NC3CCOCC3)n2)cn1.[HH]. The Kier molecular flexibility index (Phi) is 4.29. The molecule has 22 heavy (non-hydrogen) atoms. The van der Waals surface area contributed by atoms with Crippen molar-refractivity contribution in [2.24, 2.45) is 7.05 Å². The van der Waals surface area contributed by atoms with Gasteiger partial charge in [-0.2, -0.15) is 10.1 Å². The highest BCUT2D eigenvalue weighted by Crippen LogP contribution is 2.19. The molecule has 0 aromatic carbocycles. The molecular weight excluding hydrogens is 282 g/mol. The Balaban J connectivity index is 0.00000192. The summed E-state index contributed by atoms with van der Waals surface area (Å²) in [6, 6.07) is 0.314. The lowest BCUT2D eigenvalue weighted by atomic mass is 10.1. The van der Waals surface area contributed by atoms with Crippen molar-refractivity contribution in [2.75, 3.05) is 23.8 Å². The lowest BCUT2D eigenvalue weighted by molar-refractivity contribution is 0.0904. The number of hydrogen-bond acceptors (Lipinski definition) is 7. The minimum Gasteiger partial charge on any atom is -0.381 e. The summed E-state index contributed by atoms with van der Waals surface area (Å²) in [4.78, 5) is 8.71. The normalized spacial score (nSPS) is 15.5. The van der Waals surface area contributed by atoms with Gasteiger partial charge in [0.15, 0.2) is 0 Å². The van der Waals surface area contributed by atoms with Crippen molar-refractivity contribution in [1.29, 1.82) is 5.41 Å². The molecule has 0 aliphatic carbocycles. The maximum Gasteiger partial charge on any atom is 0.229 e. The van der Waals surface area contributed by atoms with E-state index in [1.165, 1.54) is 6.21 Å². The lowest BCUT2D eigenvalue weighted by Crippen LogP contribution is -2.28. The number of hydrogen-bond donors (Lipinski definition) is 3. The van der Waals surface area contributed by atoms with Crippen LogP contribution in [-0.4, -0.2) is 45.2 Å². The Morgan fingerprint density at radius 2 is 2.23 bits per heavy atom. The maximum absolute atomic E-state index is 7.49. The van der Waals surface area contributed by atoms with Crippen molar-refractivity contribution in [3.05, 3.63) is 24.2 Å². The van der Waals surface area contributed by atoms with Gasteiger partial charge in [-0.1, -0.05) is 0 Å². The number of aromatic nitrogens is 4. The molecule has 0 saturated carbocycles. The van der Waals surface area contributed by atoms with Gasteiger partial charge < -0.3 is 20.8 Å². The van der Waals surface area contributed by atoms with E-state index in [-0.39, 0.29) is 1.43 Å². The van der Waals surface area contributed by atoms with Gasteiger partial charge in [-0.05, 0) is 12.8 Å². The molecule has 0 unspecified atom stereocenters. The first-order chi connectivity index (χ1) is 10.7. The van der Waals surface area contributed by atoms with Crippen LogP contribution in [0.2, 0.25) is 0 Å². The van der Waals surface area contributed by atoms with Gasteiger partial charge in [0.05, 0.1) is 17.4 Å². The molecule has 8 nitrogen and oxygen atoms in total. The van der Waals surface area contributed by atoms with Crippen molar-refractivity contribution in [2.45, 2.75) is 18.9 Å². The Hall–Kier alpha value is -2.48. The fourth-order valence-corrected chi connectivity index (χ4v) is 2.32. The van der Waals surface area contributed by atoms with Gasteiger partial charge in [0.1, 0.15) is 5.82 Å². The molecular formula is C14H21N7O. The molecule has 3 N–H and O–H groups in total. The Labute approximate surface area is 129 Å². The number of nitrogens with zero attached hydrogens (tertiary/aromatic N) is 4. The third kappa shape index (κ3) is 3.40. The maximum atomic E-state index is 7.49.